The normalized spacial score (nSPS) is 35.8. The van der Waals surface area contributed by atoms with Gasteiger partial charge in [-0.1, -0.05) is 38.8 Å². The summed E-state index contributed by atoms with van der Waals surface area (Å²) in [7, 11) is 1.20. The van der Waals surface area contributed by atoms with Crippen molar-refractivity contribution >= 4 is 23.7 Å². The number of hydrogen-bond donors (Lipinski definition) is 1. The second-order valence-corrected chi connectivity index (χ2v) is 13.8. The number of hydrogen-bond acceptors (Lipinski definition) is 9. The average molecular weight is 583 g/mol. The molecular formula is C33H42O9. The Morgan fingerprint density at radius 3 is 2.40 bits per heavy atom. The summed E-state index contributed by atoms with van der Waals surface area (Å²) in [6.07, 6.45) is 1.69. The Balaban J connectivity index is 1.71. The van der Waals surface area contributed by atoms with E-state index >= 15 is 0 Å². The van der Waals surface area contributed by atoms with E-state index in [1.807, 2.05) is 34.6 Å². The average Bonchev–Trinajstić information content (AvgIpc) is 3.46. The molecule has 1 aliphatic heterocycles. The molecular weight excluding hydrogens is 540 g/mol. The van der Waals surface area contributed by atoms with Crippen LogP contribution in [0.15, 0.2) is 45.3 Å². The molecule has 0 unspecified atom stereocenters. The third kappa shape index (κ3) is 4.21. The Morgan fingerprint density at radius 2 is 1.81 bits per heavy atom. The third-order valence-electron chi connectivity index (χ3n) is 11.1. The lowest BCUT2D eigenvalue weighted by molar-refractivity contribution is -0.211. The summed E-state index contributed by atoms with van der Waals surface area (Å²) in [5.41, 5.74) is 1.22. The number of furan rings is 1. The van der Waals surface area contributed by atoms with Crippen LogP contribution in [0.5, 0.6) is 0 Å². The van der Waals surface area contributed by atoms with E-state index in [1.165, 1.54) is 7.11 Å². The molecule has 9 nitrogen and oxygen atoms in total. The van der Waals surface area contributed by atoms with Crippen LogP contribution >= 0.6 is 0 Å². The first-order valence-electron chi connectivity index (χ1n) is 14.7. The number of aliphatic hydroxyl groups excluding tert-OH is 1. The molecule has 4 aliphatic rings. The van der Waals surface area contributed by atoms with E-state index in [9.17, 15) is 24.3 Å². The molecule has 228 valence electrons. The maximum atomic E-state index is 14.6. The number of carbonyl (C=O) groups is 4. The van der Waals surface area contributed by atoms with E-state index in [0.29, 0.717) is 24.8 Å². The lowest BCUT2D eigenvalue weighted by Gasteiger charge is -2.64. The summed E-state index contributed by atoms with van der Waals surface area (Å²) in [6.45, 7) is 12.9. The maximum absolute atomic E-state index is 14.6. The van der Waals surface area contributed by atoms with E-state index in [2.05, 4.69) is 6.92 Å². The minimum Gasteiger partial charge on any atom is -0.472 e. The quantitative estimate of drug-likeness (QED) is 0.220. The van der Waals surface area contributed by atoms with Gasteiger partial charge >= 0.3 is 17.9 Å². The number of allylic oxidation sites excluding steroid dienone is 2. The molecule has 42 heavy (non-hydrogen) atoms. The summed E-state index contributed by atoms with van der Waals surface area (Å²) in [5.74, 6) is -3.83. The first-order valence-corrected chi connectivity index (χ1v) is 14.7. The zero-order valence-electron chi connectivity index (χ0n) is 25.7. The minimum absolute atomic E-state index is 0.0859. The van der Waals surface area contributed by atoms with Crippen LogP contribution in [-0.2, 0) is 33.4 Å². The van der Waals surface area contributed by atoms with Gasteiger partial charge in [0.25, 0.3) is 0 Å². The topological polar surface area (TPSA) is 129 Å². The number of cyclic esters (lactones) is 1. The fraction of sp³-hybridized carbons (Fsp3) is 0.636. The fourth-order valence-electron chi connectivity index (χ4n) is 8.80. The van der Waals surface area contributed by atoms with Crippen LogP contribution in [0.1, 0.15) is 85.8 Å². The molecule has 3 fully saturated rings. The van der Waals surface area contributed by atoms with Crippen molar-refractivity contribution in [3.05, 3.63) is 46.4 Å². The van der Waals surface area contributed by atoms with Gasteiger partial charge in [0.05, 0.1) is 32.0 Å². The molecule has 0 radical (unpaired) electrons. The molecule has 9 heteroatoms. The predicted octanol–water partition coefficient (Wildman–Crippen LogP) is 5.03. The number of ether oxygens (including phenoxy) is 3. The zero-order valence-corrected chi connectivity index (χ0v) is 25.7. The molecule has 1 saturated heterocycles. The molecule has 1 aromatic rings. The van der Waals surface area contributed by atoms with E-state index in [0.717, 1.165) is 22.3 Å². The van der Waals surface area contributed by atoms with Crippen molar-refractivity contribution in [2.75, 3.05) is 7.11 Å². The smallest absolute Gasteiger partial charge is 0.335 e. The maximum Gasteiger partial charge on any atom is 0.335 e. The van der Waals surface area contributed by atoms with E-state index in [4.69, 9.17) is 18.6 Å². The van der Waals surface area contributed by atoms with Gasteiger partial charge in [-0.15, -0.1) is 0 Å². The van der Waals surface area contributed by atoms with Crippen LogP contribution in [0.25, 0.3) is 0 Å². The van der Waals surface area contributed by atoms with Crippen molar-refractivity contribution in [1.82, 2.24) is 0 Å². The van der Waals surface area contributed by atoms with E-state index < -0.39 is 58.3 Å². The standard InChI is InChI=1S/C33H42O9/c1-16(2)17(3)29(37)42-28-20-13-19-21(33(7,26(20)36)25(31(28,4)5)24(35)30(38)39-8)9-11-32(6)22(19)14-23(34)41-27(32)18-10-12-40-15-18/h10,12,15,20-21,24-25,27-28,35H,9,11,13-14H2,1-8H3/t20-,21-,24-,25+,27+,28+,32+,33-/m1/s1. The highest BCUT2D eigenvalue weighted by atomic mass is 16.6. The first-order chi connectivity index (χ1) is 19.6. The summed E-state index contributed by atoms with van der Waals surface area (Å²) < 4.78 is 22.4. The Kier molecular flexibility index (Phi) is 7.36. The van der Waals surface area contributed by atoms with Crippen molar-refractivity contribution < 1.29 is 42.9 Å². The van der Waals surface area contributed by atoms with Crippen molar-refractivity contribution in [2.24, 2.45) is 34.0 Å². The molecule has 3 aliphatic carbocycles. The Morgan fingerprint density at radius 1 is 1.12 bits per heavy atom. The Labute approximate surface area is 246 Å². The number of rotatable bonds is 5. The molecule has 0 spiro atoms. The monoisotopic (exact) mass is 582 g/mol. The van der Waals surface area contributed by atoms with Gasteiger partial charge in [0.15, 0.2) is 6.10 Å². The summed E-state index contributed by atoms with van der Waals surface area (Å²) in [4.78, 5) is 53.8. The number of methoxy groups -OCH3 is 1. The number of Topliss-reactive ketones (excluding diaryl/α,β-unsaturated/α-hetero) is 1. The van der Waals surface area contributed by atoms with Gasteiger partial charge < -0.3 is 23.7 Å². The van der Waals surface area contributed by atoms with Gasteiger partial charge in [-0.2, -0.15) is 0 Å². The number of esters is 3. The van der Waals surface area contributed by atoms with Crippen molar-refractivity contribution in [2.45, 2.75) is 92.5 Å². The second kappa shape index (κ2) is 10.2. The van der Waals surface area contributed by atoms with Gasteiger partial charge in [0.1, 0.15) is 18.0 Å². The van der Waals surface area contributed by atoms with Crippen LogP contribution in [0, 0.1) is 34.0 Å². The molecule has 1 N–H and O–H groups in total. The number of carbonyl (C=O) groups excluding carboxylic acids is 4. The molecule has 0 amide bonds. The van der Waals surface area contributed by atoms with Gasteiger partial charge in [-0.05, 0) is 57.6 Å². The highest BCUT2D eigenvalue weighted by Gasteiger charge is 2.70. The highest BCUT2D eigenvalue weighted by molar-refractivity contribution is 5.94. The highest BCUT2D eigenvalue weighted by Crippen LogP contribution is 2.68. The molecule has 1 aromatic heterocycles. The fourth-order valence-corrected chi connectivity index (χ4v) is 8.80. The third-order valence-corrected chi connectivity index (χ3v) is 11.1. The van der Waals surface area contributed by atoms with E-state index in [-0.39, 0.29) is 24.1 Å². The first kappa shape index (κ1) is 30.3. The molecule has 8 atom stereocenters. The van der Waals surface area contributed by atoms with E-state index in [1.54, 1.807) is 25.5 Å². The number of aliphatic hydroxyl groups is 1. The Hall–Kier alpha value is -3.20. The lowest BCUT2D eigenvalue weighted by atomic mass is 9.40. The lowest BCUT2D eigenvalue weighted by Crippen LogP contribution is -2.69. The molecule has 5 rings (SSSR count). The van der Waals surface area contributed by atoms with Gasteiger partial charge in [0.2, 0.25) is 0 Å². The van der Waals surface area contributed by atoms with Crippen LogP contribution in [0.4, 0.5) is 0 Å². The molecule has 0 aromatic carbocycles. The van der Waals surface area contributed by atoms with Gasteiger partial charge in [0, 0.05) is 33.3 Å². The van der Waals surface area contributed by atoms with Crippen molar-refractivity contribution in [1.29, 1.82) is 0 Å². The SMILES string of the molecule is COC(=O)[C@H](O)[C@H]1C(C)(C)[C@@H](OC(=O)C(C)=C(C)C)[C@@H]2CC3=C4CC(=O)O[C@@H](c5ccoc5)[C@@]4(C)CC[C@H]3[C@@]1(C)C2=O. The summed E-state index contributed by atoms with van der Waals surface area (Å²) in [6, 6.07) is 1.80. The van der Waals surface area contributed by atoms with Crippen LogP contribution in [-0.4, -0.2) is 48.1 Å². The Bertz CT molecular complexity index is 1380. The second-order valence-electron chi connectivity index (χ2n) is 13.8. The van der Waals surface area contributed by atoms with Gasteiger partial charge in [-0.3, -0.25) is 9.59 Å². The molecule has 2 heterocycles. The number of ketones is 1. The molecule has 2 saturated carbocycles. The van der Waals surface area contributed by atoms with Crippen LogP contribution in [0.3, 0.4) is 0 Å². The van der Waals surface area contributed by atoms with Crippen molar-refractivity contribution in [3.63, 3.8) is 0 Å². The largest absolute Gasteiger partial charge is 0.472 e. The number of fused-ring (bicyclic) bond motifs is 5. The summed E-state index contributed by atoms with van der Waals surface area (Å²) in [5, 5.41) is 11.5. The molecule has 2 bridgehead atoms. The summed E-state index contributed by atoms with van der Waals surface area (Å²) >= 11 is 0. The van der Waals surface area contributed by atoms with Crippen molar-refractivity contribution in [3.8, 4) is 0 Å². The zero-order chi connectivity index (χ0) is 30.9. The van der Waals surface area contributed by atoms with Crippen LogP contribution < -0.4 is 0 Å². The minimum atomic E-state index is -1.63. The van der Waals surface area contributed by atoms with Crippen LogP contribution in [0.2, 0.25) is 0 Å². The predicted molar refractivity (Wildman–Crippen MR) is 150 cm³/mol. The van der Waals surface area contributed by atoms with Gasteiger partial charge in [-0.25, -0.2) is 9.59 Å².